The second-order valence-corrected chi connectivity index (χ2v) is 31.6. The van der Waals surface area contributed by atoms with Crippen LogP contribution in [0.5, 0.6) is 0 Å². The average Bonchev–Trinajstić information content (AvgIpc) is 2.65. The summed E-state index contributed by atoms with van der Waals surface area (Å²) in [5, 5.41) is 17.8. The van der Waals surface area contributed by atoms with E-state index in [0.717, 1.165) is 9.79 Å². The summed E-state index contributed by atoms with van der Waals surface area (Å²) in [7, 11) is 3.63. The van der Waals surface area contributed by atoms with Crippen molar-refractivity contribution in [3.8, 4) is 0 Å². The zero-order valence-electron chi connectivity index (χ0n) is 15.0. The van der Waals surface area contributed by atoms with Gasteiger partial charge in [0.25, 0.3) is 0 Å². The van der Waals surface area contributed by atoms with Gasteiger partial charge >= 0.3 is 186 Å². The summed E-state index contributed by atoms with van der Waals surface area (Å²) in [6.07, 6.45) is 0. The topological polar surface area (TPSA) is 74.6 Å². The molecule has 0 saturated carbocycles. The summed E-state index contributed by atoms with van der Waals surface area (Å²) >= 11 is -1.72. The number of aromatic carboxylic acids is 2. The molecule has 2 N–H and O–H groups in total. The molecule has 0 radical (unpaired) electrons. The molecule has 132 valence electrons. The molecule has 0 aliphatic rings. The van der Waals surface area contributed by atoms with Crippen LogP contribution in [0.1, 0.15) is 34.6 Å². The molecule has 26 heavy (non-hydrogen) atoms. The van der Waals surface area contributed by atoms with Crippen LogP contribution in [-0.2, 0) is 46.1 Å². The molecule has 0 spiro atoms. The van der Waals surface area contributed by atoms with Crippen molar-refractivity contribution in [2.75, 3.05) is 0 Å². The van der Waals surface area contributed by atoms with E-state index in [1.165, 1.54) is 7.86 Å². The van der Waals surface area contributed by atoms with Crippen LogP contribution in [0.25, 0.3) is 0 Å². The Morgan fingerprint density at radius 2 is 1.12 bits per heavy atom. The second-order valence-electron chi connectivity index (χ2n) is 5.30. The molecule has 0 unspecified atom stereocenters. The predicted molar refractivity (Wildman–Crippen MR) is 99.5 cm³/mol. The number of hydrogen-bond donors (Lipinski definition) is 2. The summed E-state index contributed by atoms with van der Waals surface area (Å²) in [4.78, 5) is 23.5. The molecule has 0 aliphatic heterocycles. The Balaban J connectivity index is 0.000000260. The van der Waals surface area contributed by atoms with Gasteiger partial charge in [-0.25, -0.2) is 0 Å². The van der Waals surface area contributed by atoms with Gasteiger partial charge in [-0.15, -0.1) is 0 Å². The molecule has 8 heteroatoms. The molecule has 0 fully saturated rings. The minimum absolute atomic E-state index is 0.459. The van der Waals surface area contributed by atoms with E-state index >= 15 is 0 Å². The number of carbonyl (C=O) groups is 2. The van der Waals surface area contributed by atoms with E-state index in [1.807, 2.05) is 40.7 Å². The molecule has 0 aromatic heterocycles. The van der Waals surface area contributed by atoms with Crippen molar-refractivity contribution in [2.24, 2.45) is 0 Å². The van der Waals surface area contributed by atoms with E-state index in [9.17, 15) is 9.59 Å². The molecule has 0 heterocycles. The summed E-state index contributed by atoms with van der Waals surface area (Å²) in [6, 6.07) is 14.5. The van der Waals surface area contributed by atoms with Gasteiger partial charge in [-0.3, -0.25) is 0 Å². The van der Waals surface area contributed by atoms with E-state index in [1.54, 1.807) is 24.3 Å². The van der Waals surface area contributed by atoms with Gasteiger partial charge in [-0.1, -0.05) is 0 Å². The van der Waals surface area contributed by atoms with Gasteiger partial charge in [0.05, 0.1) is 0 Å². The van der Waals surface area contributed by atoms with Crippen molar-refractivity contribution in [1.29, 1.82) is 0 Å². The molecule has 0 saturated heterocycles. The first-order chi connectivity index (χ1) is 12.5. The van der Waals surface area contributed by atoms with Gasteiger partial charge in [0.1, 0.15) is 0 Å². The maximum atomic E-state index is 10.8. The minimum atomic E-state index is -0.860. The molecule has 0 aliphatic carbocycles. The third-order valence-electron chi connectivity index (χ3n) is 3.16. The molecular weight excluding hydrogens is 746 g/mol. The van der Waals surface area contributed by atoms with E-state index in [-0.39, 0.29) is 0 Å². The quantitative estimate of drug-likeness (QED) is 0.330. The summed E-state index contributed by atoms with van der Waals surface area (Å²) in [5.41, 5.74) is 0.918. The van der Waals surface area contributed by atoms with E-state index < -0.39 is 58.1 Å². The molecule has 2 aromatic rings. The monoisotopic (exact) mass is 768 g/mol. The van der Waals surface area contributed by atoms with Crippen molar-refractivity contribution in [3.05, 3.63) is 59.7 Å². The Bertz CT molecular complexity index is 664. The first-order valence-electron chi connectivity index (χ1n) is 8.41. The predicted octanol–water partition coefficient (Wildman–Crippen LogP) is 5.83. The van der Waals surface area contributed by atoms with Gasteiger partial charge in [0.15, 0.2) is 0 Å². The van der Waals surface area contributed by atoms with Crippen LogP contribution < -0.4 is 0 Å². The van der Waals surface area contributed by atoms with Crippen molar-refractivity contribution >= 4 is 28.4 Å². The third kappa shape index (κ3) is 8.76. The van der Waals surface area contributed by atoms with Gasteiger partial charge in [-0.2, -0.15) is 0 Å². The normalized spacial score (nSPS) is 9.31. The van der Waals surface area contributed by atoms with Crippen LogP contribution in [0.15, 0.2) is 58.3 Å². The third-order valence-corrected chi connectivity index (χ3v) is 27.3. The molecular formula is C18H20Hg2O4S2. The van der Waals surface area contributed by atoms with Gasteiger partial charge in [0, 0.05) is 0 Å². The van der Waals surface area contributed by atoms with E-state index in [0.29, 0.717) is 11.1 Å². The van der Waals surface area contributed by atoms with Crippen LogP contribution in [0.4, 0.5) is 0 Å². The molecule has 2 rings (SSSR count). The van der Waals surface area contributed by atoms with Crippen LogP contribution in [-0.4, -0.2) is 22.2 Å². The second kappa shape index (κ2) is 14.0. The van der Waals surface area contributed by atoms with Crippen LogP contribution in [0.2, 0.25) is 7.86 Å². The van der Waals surface area contributed by atoms with E-state index in [2.05, 4.69) is 13.8 Å². The van der Waals surface area contributed by atoms with Gasteiger partial charge < -0.3 is 0 Å². The molecule has 2 aromatic carbocycles. The number of benzene rings is 2. The fraction of sp³-hybridized carbons (Fsp3) is 0.222. The van der Waals surface area contributed by atoms with Crippen molar-refractivity contribution in [3.63, 3.8) is 0 Å². The first kappa shape index (κ1) is 24.0. The van der Waals surface area contributed by atoms with Crippen molar-refractivity contribution in [1.82, 2.24) is 0 Å². The molecule has 0 atom stereocenters. The Kier molecular flexibility index (Phi) is 12.9. The van der Waals surface area contributed by atoms with Gasteiger partial charge in [0.2, 0.25) is 0 Å². The fourth-order valence-electron chi connectivity index (χ4n) is 1.96. The zero-order chi connectivity index (χ0) is 19.4. The maximum absolute atomic E-state index is 10.8. The standard InChI is InChI=1S/2C7H6O2S.2C2H5.2Hg/c2*8-7(9)5-3-1-2-4-6(5)10;2*1-2;;/h2*1-4,10H,(H,8,9);2*1H2,2H3;;/q;;;;2*+1/p-2. The molecule has 4 nitrogen and oxygen atoms in total. The van der Waals surface area contributed by atoms with Crippen molar-refractivity contribution < 1.29 is 65.9 Å². The Labute approximate surface area is 183 Å². The average molecular weight is 766 g/mol. The Hall–Kier alpha value is -0.0499. The number of rotatable bonds is 8. The SMILES string of the molecule is C[CH2][Hg][S]c1ccccc1C(=O)O.C[CH2][Hg][S]c1ccccc1C(=O)O. The summed E-state index contributed by atoms with van der Waals surface area (Å²) < 4.78 is 2.55. The van der Waals surface area contributed by atoms with Crippen LogP contribution in [0, 0.1) is 0 Å². The zero-order valence-corrected chi connectivity index (χ0v) is 27.6. The number of hydrogen-bond acceptors (Lipinski definition) is 4. The fourth-order valence-corrected chi connectivity index (χ4v) is 19.5. The summed E-state index contributed by atoms with van der Waals surface area (Å²) in [5.74, 6) is -1.62. The first-order valence-corrected chi connectivity index (χ1v) is 31.6. The Morgan fingerprint density at radius 3 is 1.42 bits per heavy atom. The molecule has 0 amide bonds. The molecule has 0 bridgehead atoms. The van der Waals surface area contributed by atoms with Crippen molar-refractivity contribution in [2.45, 2.75) is 31.5 Å². The van der Waals surface area contributed by atoms with Crippen LogP contribution in [0.3, 0.4) is 0 Å². The number of carboxylic acid groups (broad SMARTS) is 2. The van der Waals surface area contributed by atoms with Crippen LogP contribution >= 0.6 is 16.5 Å². The Morgan fingerprint density at radius 1 is 0.769 bits per heavy atom. The van der Waals surface area contributed by atoms with E-state index in [4.69, 9.17) is 10.2 Å². The van der Waals surface area contributed by atoms with Gasteiger partial charge in [-0.05, 0) is 0 Å². The summed E-state index contributed by atoms with van der Waals surface area (Å²) in [6.45, 7) is 4.36. The number of carboxylic acids is 2.